The Morgan fingerprint density at radius 3 is 2.08 bits per heavy atom. The van der Waals surface area contributed by atoms with Gasteiger partial charge < -0.3 is 5.73 Å². The molecule has 0 aromatic carbocycles. The molecule has 1 aliphatic carbocycles. The highest BCUT2D eigenvalue weighted by Gasteiger charge is 2.30. The van der Waals surface area contributed by atoms with Crippen molar-refractivity contribution in [3.8, 4) is 12.1 Å². The largest absolute Gasteiger partial charge is 0.328 e. The van der Waals surface area contributed by atoms with Crippen LogP contribution in [0.25, 0.3) is 0 Å². The third-order valence-electron chi connectivity index (χ3n) is 2.21. The highest BCUT2D eigenvalue weighted by molar-refractivity contribution is 4.95. The number of hydrogen-bond acceptors (Lipinski definition) is 4. The average Bonchev–Trinajstić information content (AvgIpc) is 1.99. The predicted molar refractivity (Wildman–Crippen MR) is 43.8 cm³/mol. The molecule has 4 nitrogen and oxygen atoms in total. The van der Waals surface area contributed by atoms with Crippen LogP contribution in [-0.2, 0) is 0 Å². The molecule has 0 aromatic rings. The quantitative estimate of drug-likeness (QED) is 0.587. The molecule has 2 N–H and O–H groups in total. The Morgan fingerprint density at radius 1 is 1.25 bits per heavy atom. The highest BCUT2D eigenvalue weighted by Crippen LogP contribution is 2.23. The molecular weight excluding hydrogens is 152 g/mol. The number of nitrogens with zero attached hydrogens (tertiary/aromatic N) is 3. The molecule has 0 amide bonds. The maximum atomic E-state index is 8.47. The normalized spacial score (nSPS) is 27.3. The van der Waals surface area contributed by atoms with Crippen LogP contribution in [0.1, 0.15) is 12.8 Å². The fourth-order valence-electron chi connectivity index (χ4n) is 1.42. The van der Waals surface area contributed by atoms with Crippen molar-refractivity contribution < 1.29 is 0 Å². The Labute approximate surface area is 72.2 Å². The third kappa shape index (κ3) is 1.94. The second kappa shape index (κ2) is 4.06. The summed E-state index contributed by atoms with van der Waals surface area (Å²) in [5.74, 6) is 0. The van der Waals surface area contributed by atoms with E-state index in [1.54, 1.807) is 0 Å². The first kappa shape index (κ1) is 8.99. The molecule has 0 spiro atoms. The van der Waals surface area contributed by atoms with Gasteiger partial charge in [-0.3, -0.25) is 4.90 Å². The van der Waals surface area contributed by atoms with Crippen molar-refractivity contribution in [2.24, 2.45) is 5.73 Å². The lowest BCUT2D eigenvalue weighted by Gasteiger charge is -2.39. The molecule has 1 saturated carbocycles. The van der Waals surface area contributed by atoms with E-state index in [-0.39, 0.29) is 6.04 Å². The van der Waals surface area contributed by atoms with Crippen molar-refractivity contribution in [3.05, 3.63) is 0 Å². The van der Waals surface area contributed by atoms with Gasteiger partial charge in [-0.2, -0.15) is 10.5 Å². The summed E-state index contributed by atoms with van der Waals surface area (Å²) in [6, 6.07) is 4.73. The van der Waals surface area contributed by atoms with Gasteiger partial charge in [-0.1, -0.05) is 0 Å². The van der Waals surface area contributed by atoms with Crippen molar-refractivity contribution in [2.75, 3.05) is 13.1 Å². The van der Waals surface area contributed by atoms with E-state index in [9.17, 15) is 0 Å². The smallest absolute Gasteiger partial charge is 0.0876 e. The number of rotatable bonds is 3. The van der Waals surface area contributed by atoms with E-state index in [2.05, 4.69) is 12.1 Å². The first-order valence-corrected chi connectivity index (χ1v) is 4.01. The third-order valence-corrected chi connectivity index (χ3v) is 2.21. The Balaban J connectivity index is 2.35. The van der Waals surface area contributed by atoms with E-state index in [0.717, 1.165) is 12.8 Å². The summed E-state index contributed by atoms with van der Waals surface area (Å²) in [4.78, 5) is 1.88. The van der Waals surface area contributed by atoms with Crippen LogP contribution in [0, 0.1) is 22.7 Å². The van der Waals surface area contributed by atoms with Crippen LogP contribution in [0.5, 0.6) is 0 Å². The van der Waals surface area contributed by atoms with Gasteiger partial charge in [0.1, 0.15) is 0 Å². The predicted octanol–water partition coefficient (Wildman–Crippen LogP) is -0.175. The van der Waals surface area contributed by atoms with E-state index >= 15 is 0 Å². The first-order valence-electron chi connectivity index (χ1n) is 4.01. The van der Waals surface area contributed by atoms with Gasteiger partial charge in [-0.15, -0.1) is 0 Å². The molecule has 4 heteroatoms. The summed E-state index contributed by atoms with van der Waals surface area (Å²) >= 11 is 0. The summed E-state index contributed by atoms with van der Waals surface area (Å²) in [5.41, 5.74) is 5.61. The van der Waals surface area contributed by atoms with Gasteiger partial charge in [0.2, 0.25) is 0 Å². The molecule has 0 radical (unpaired) electrons. The van der Waals surface area contributed by atoms with Gasteiger partial charge in [0.15, 0.2) is 0 Å². The minimum Gasteiger partial charge on any atom is -0.328 e. The SMILES string of the molecule is N#CCN(CC#N)C1CC(N)C1. The van der Waals surface area contributed by atoms with Crippen molar-refractivity contribution >= 4 is 0 Å². The monoisotopic (exact) mass is 164 g/mol. The van der Waals surface area contributed by atoms with Crippen molar-refractivity contribution in [3.63, 3.8) is 0 Å². The summed E-state index contributed by atoms with van der Waals surface area (Å²) < 4.78 is 0. The van der Waals surface area contributed by atoms with E-state index in [0.29, 0.717) is 19.1 Å². The molecule has 0 atom stereocenters. The standard InChI is InChI=1S/C8H12N4/c9-1-3-12(4-2-10)8-5-7(11)6-8/h7-8H,3-6,11H2. The van der Waals surface area contributed by atoms with Gasteiger partial charge in [-0.25, -0.2) is 0 Å². The molecule has 0 unspecified atom stereocenters. The Morgan fingerprint density at radius 2 is 1.75 bits per heavy atom. The second-order valence-electron chi connectivity index (χ2n) is 3.11. The lowest BCUT2D eigenvalue weighted by Crippen LogP contribution is -2.50. The molecule has 1 rings (SSSR count). The molecule has 12 heavy (non-hydrogen) atoms. The average molecular weight is 164 g/mol. The van der Waals surface area contributed by atoms with E-state index in [1.165, 1.54) is 0 Å². The highest BCUT2D eigenvalue weighted by atomic mass is 15.2. The summed E-state index contributed by atoms with van der Waals surface area (Å²) in [5, 5.41) is 16.9. The van der Waals surface area contributed by atoms with Gasteiger partial charge in [0.05, 0.1) is 25.2 Å². The van der Waals surface area contributed by atoms with Crippen LogP contribution in [0.3, 0.4) is 0 Å². The van der Waals surface area contributed by atoms with Crippen molar-refractivity contribution in [1.29, 1.82) is 10.5 Å². The molecular formula is C8H12N4. The summed E-state index contributed by atoms with van der Waals surface area (Å²) in [7, 11) is 0. The van der Waals surface area contributed by atoms with Crippen molar-refractivity contribution in [2.45, 2.75) is 24.9 Å². The topological polar surface area (TPSA) is 76.8 Å². The molecule has 0 bridgehead atoms. The number of hydrogen-bond donors (Lipinski definition) is 1. The zero-order chi connectivity index (χ0) is 8.97. The summed E-state index contributed by atoms with van der Waals surface area (Å²) in [6.45, 7) is 0.676. The van der Waals surface area contributed by atoms with Gasteiger partial charge in [0, 0.05) is 12.1 Å². The number of nitriles is 2. The second-order valence-corrected chi connectivity index (χ2v) is 3.11. The van der Waals surface area contributed by atoms with Gasteiger partial charge in [-0.05, 0) is 12.8 Å². The van der Waals surface area contributed by atoms with Crippen LogP contribution >= 0.6 is 0 Å². The lowest BCUT2D eigenvalue weighted by atomic mass is 9.86. The van der Waals surface area contributed by atoms with Crippen LogP contribution in [0.15, 0.2) is 0 Å². The summed E-state index contributed by atoms with van der Waals surface area (Å²) in [6.07, 6.45) is 1.84. The fourth-order valence-corrected chi connectivity index (χ4v) is 1.42. The van der Waals surface area contributed by atoms with Gasteiger partial charge >= 0.3 is 0 Å². The lowest BCUT2D eigenvalue weighted by molar-refractivity contribution is 0.140. The minimum absolute atomic E-state index is 0.273. The van der Waals surface area contributed by atoms with Crippen LogP contribution in [0.4, 0.5) is 0 Å². The van der Waals surface area contributed by atoms with Crippen LogP contribution < -0.4 is 5.73 Å². The van der Waals surface area contributed by atoms with Crippen molar-refractivity contribution in [1.82, 2.24) is 4.90 Å². The van der Waals surface area contributed by atoms with Gasteiger partial charge in [0.25, 0.3) is 0 Å². The Kier molecular flexibility index (Phi) is 3.04. The minimum atomic E-state index is 0.273. The molecule has 1 aliphatic rings. The maximum Gasteiger partial charge on any atom is 0.0876 e. The van der Waals surface area contributed by atoms with Crippen LogP contribution in [0.2, 0.25) is 0 Å². The first-order chi connectivity index (χ1) is 5.77. The van der Waals surface area contributed by atoms with E-state index < -0.39 is 0 Å². The molecule has 0 saturated heterocycles. The molecule has 0 aliphatic heterocycles. The van der Waals surface area contributed by atoms with E-state index in [4.69, 9.17) is 16.3 Å². The Bertz CT molecular complexity index is 202. The zero-order valence-corrected chi connectivity index (χ0v) is 6.90. The molecule has 64 valence electrons. The van der Waals surface area contributed by atoms with Crippen LogP contribution in [-0.4, -0.2) is 30.1 Å². The fraction of sp³-hybridized carbons (Fsp3) is 0.750. The maximum absolute atomic E-state index is 8.47. The Hall–Kier alpha value is -1.10. The molecule has 0 heterocycles. The molecule has 0 aromatic heterocycles. The number of nitrogens with two attached hydrogens (primary N) is 1. The van der Waals surface area contributed by atoms with E-state index in [1.807, 2.05) is 4.90 Å². The zero-order valence-electron chi connectivity index (χ0n) is 6.90. The molecule has 1 fully saturated rings.